The Balaban J connectivity index is 1.75. The monoisotopic (exact) mass is 473 g/mol. The molecule has 32 heavy (non-hydrogen) atoms. The van der Waals surface area contributed by atoms with E-state index in [1.165, 1.54) is 9.44 Å². The number of aryl methyl sites for hydroxylation is 2. The molecule has 3 aromatic rings. The summed E-state index contributed by atoms with van der Waals surface area (Å²) in [7, 11) is 1.58. The molecule has 0 fully saturated rings. The second kappa shape index (κ2) is 9.74. The van der Waals surface area contributed by atoms with E-state index in [-0.39, 0.29) is 17.9 Å². The number of fused-ring (bicyclic) bond motifs is 3. The molecule has 1 aromatic carbocycles. The van der Waals surface area contributed by atoms with Crippen LogP contribution in [0.4, 0.5) is 4.79 Å². The number of hydrogen-bond donors (Lipinski definition) is 1. The lowest BCUT2D eigenvalue weighted by Crippen LogP contribution is -2.32. The van der Waals surface area contributed by atoms with Crippen molar-refractivity contribution in [3.63, 3.8) is 0 Å². The molecule has 0 aliphatic heterocycles. The van der Waals surface area contributed by atoms with E-state index in [0.29, 0.717) is 26.8 Å². The maximum absolute atomic E-state index is 13.7. The van der Waals surface area contributed by atoms with Crippen LogP contribution in [0.25, 0.3) is 15.9 Å². The van der Waals surface area contributed by atoms with Gasteiger partial charge in [0, 0.05) is 4.88 Å². The van der Waals surface area contributed by atoms with Gasteiger partial charge in [0.1, 0.15) is 10.6 Å². The average Bonchev–Trinajstić information content (AvgIpc) is 3.16. The summed E-state index contributed by atoms with van der Waals surface area (Å²) in [5, 5.41) is 3.23. The Hall–Kier alpha value is -2.85. The SMILES string of the molecule is CCOC(=O)NC(=O)CSc1nc2sc3c(c2c(=O)n1-c1ccc(OC)cc1)CCCC3. The fourth-order valence-corrected chi connectivity index (χ4v) is 5.80. The molecule has 0 saturated carbocycles. The second-order valence-corrected chi connectivity index (χ2v) is 9.21. The summed E-state index contributed by atoms with van der Waals surface area (Å²) in [6.45, 7) is 1.83. The zero-order chi connectivity index (χ0) is 22.7. The summed E-state index contributed by atoms with van der Waals surface area (Å²) in [6.07, 6.45) is 3.22. The highest BCUT2D eigenvalue weighted by atomic mass is 32.2. The number of alkyl carbamates (subject to hydrolysis) is 1. The Labute approximate surface area is 192 Å². The maximum atomic E-state index is 13.7. The van der Waals surface area contributed by atoms with Crippen LogP contribution in [0, 0.1) is 0 Å². The number of aromatic nitrogens is 2. The highest BCUT2D eigenvalue weighted by Gasteiger charge is 2.23. The third-order valence-electron chi connectivity index (χ3n) is 5.14. The Bertz CT molecular complexity index is 1220. The molecule has 2 heterocycles. The first-order valence-electron chi connectivity index (χ1n) is 10.3. The van der Waals surface area contributed by atoms with E-state index in [0.717, 1.165) is 43.0 Å². The van der Waals surface area contributed by atoms with Crippen molar-refractivity contribution in [3.8, 4) is 11.4 Å². The lowest BCUT2D eigenvalue weighted by atomic mass is 9.97. The van der Waals surface area contributed by atoms with Crippen molar-refractivity contribution in [1.29, 1.82) is 0 Å². The van der Waals surface area contributed by atoms with Crippen molar-refractivity contribution in [2.24, 2.45) is 0 Å². The van der Waals surface area contributed by atoms with Crippen molar-refractivity contribution in [2.75, 3.05) is 19.5 Å². The topological polar surface area (TPSA) is 99.5 Å². The van der Waals surface area contributed by atoms with Crippen LogP contribution < -0.4 is 15.6 Å². The van der Waals surface area contributed by atoms with Gasteiger partial charge in [-0.05, 0) is 62.4 Å². The van der Waals surface area contributed by atoms with Gasteiger partial charge in [-0.3, -0.25) is 19.5 Å². The van der Waals surface area contributed by atoms with Crippen molar-refractivity contribution < 1.29 is 19.1 Å². The van der Waals surface area contributed by atoms with Crippen molar-refractivity contribution in [3.05, 3.63) is 45.1 Å². The first kappa shape index (κ1) is 22.3. The van der Waals surface area contributed by atoms with Crippen LogP contribution in [0.1, 0.15) is 30.2 Å². The first-order chi connectivity index (χ1) is 15.5. The number of nitrogens with zero attached hydrogens (tertiary/aromatic N) is 2. The van der Waals surface area contributed by atoms with Gasteiger partial charge < -0.3 is 9.47 Å². The van der Waals surface area contributed by atoms with E-state index in [9.17, 15) is 14.4 Å². The Morgan fingerprint density at radius 1 is 1.22 bits per heavy atom. The molecule has 0 atom stereocenters. The van der Waals surface area contributed by atoms with Gasteiger partial charge in [0.15, 0.2) is 5.16 Å². The quantitative estimate of drug-likeness (QED) is 0.430. The molecule has 0 unspecified atom stereocenters. The Kier molecular flexibility index (Phi) is 6.80. The summed E-state index contributed by atoms with van der Waals surface area (Å²) < 4.78 is 11.5. The predicted octanol–water partition coefficient (Wildman–Crippen LogP) is 3.70. The largest absolute Gasteiger partial charge is 0.497 e. The molecule has 2 aromatic heterocycles. The van der Waals surface area contributed by atoms with E-state index in [1.807, 2.05) is 0 Å². The highest BCUT2D eigenvalue weighted by molar-refractivity contribution is 7.99. The number of thiophene rings is 1. The molecule has 0 saturated heterocycles. The minimum atomic E-state index is -0.792. The van der Waals surface area contributed by atoms with E-state index < -0.39 is 12.0 Å². The van der Waals surface area contributed by atoms with Crippen LogP contribution in [-0.4, -0.2) is 41.0 Å². The molecule has 10 heteroatoms. The molecule has 168 valence electrons. The van der Waals surface area contributed by atoms with Gasteiger partial charge >= 0.3 is 6.09 Å². The fraction of sp³-hybridized carbons (Fsp3) is 0.364. The molecule has 8 nitrogen and oxygen atoms in total. The molecule has 1 aliphatic carbocycles. The van der Waals surface area contributed by atoms with Gasteiger partial charge in [-0.2, -0.15) is 0 Å². The van der Waals surface area contributed by atoms with Crippen LogP contribution in [-0.2, 0) is 22.4 Å². The summed E-state index contributed by atoms with van der Waals surface area (Å²) in [5.41, 5.74) is 1.59. The number of benzene rings is 1. The molecule has 2 amide bonds. The Morgan fingerprint density at radius 3 is 2.69 bits per heavy atom. The molecule has 0 radical (unpaired) electrons. The van der Waals surface area contributed by atoms with Gasteiger partial charge in [0.2, 0.25) is 5.91 Å². The number of carbonyl (C=O) groups excluding carboxylic acids is 2. The lowest BCUT2D eigenvalue weighted by Gasteiger charge is -2.14. The number of amides is 2. The van der Waals surface area contributed by atoms with Gasteiger partial charge in [0.25, 0.3) is 5.56 Å². The number of nitrogens with one attached hydrogen (secondary N) is 1. The molecular formula is C22H23N3O5S2. The normalized spacial score (nSPS) is 12.9. The van der Waals surface area contributed by atoms with Crippen LogP contribution in [0.2, 0.25) is 0 Å². The zero-order valence-corrected chi connectivity index (χ0v) is 19.4. The standard InChI is InChI=1S/C22H23N3O5S2/c1-3-30-22(28)23-17(26)12-31-21-24-19-18(15-6-4-5-7-16(15)32-19)20(27)25(21)13-8-10-14(29-2)11-9-13/h8-11H,3-7,12H2,1-2H3,(H,23,26,28). The number of ether oxygens (including phenoxy) is 2. The van der Waals surface area contributed by atoms with Crippen LogP contribution in [0.5, 0.6) is 5.75 Å². The number of imide groups is 1. The van der Waals surface area contributed by atoms with E-state index in [2.05, 4.69) is 5.32 Å². The minimum Gasteiger partial charge on any atom is -0.497 e. The van der Waals surface area contributed by atoms with Crippen LogP contribution >= 0.6 is 23.1 Å². The van der Waals surface area contributed by atoms with Gasteiger partial charge in [-0.15, -0.1) is 11.3 Å². The van der Waals surface area contributed by atoms with E-state index in [1.54, 1.807) is 49.6 Å². The van der Waals surface area contributed by atoms with E-state index in [4.69, 9.17) is 14.5 Å². The maximum Gasteiger partial charge on any atom is 0.413 e. The molecule has 0 bridgehead atoms. The highest BCUT2D eigenvalue weighted by Crippen LogP contribution is 2.35. The van der Waals surface area contributed by atoms with E-state index >= 15 is 0 Å². The molecular weight excluding hydrogens is 450 g/mol. The second-order valence-electron chi connectivity index (χ2n) is 7.18. The fourth-order valence-electron chi connectivity index (χ4n) is 3.69. The average molecular weight is 474 g/mol. The van der Waals surface area contributed by atoms with Gasteiger partial charge in [0.05, 0.1) is 30.5 Å². The first-order valence-corrected chi connectivity index (χ1v) is 12.1. The summed E-state index contributed by atoms with van der Waals surface area (Å²) in [6, 6.07) is 7.12. The third kappa shape index (κ3) is 4.51. The van der Waals surface area contributed by atoms with Crippen molar-refractivity contribution in [1.82, 2.24) is 14.9 Å². The molecule has 4 rings (SSSR count). The number of carbonyl (C=O) groups is 2. The minimum absolute atomic E-state index is 0.0853. The van der Waals surface area contributed by atoms with Crippen molar-refractivity contribution in [2.45, 2.75) is 37.8 Å². The van der Waals surface area contributed by atoms with Crippen LogP contribution in [0.3, 0.4) is 0 Å². The lowest BCUT2D eigenvalue weighted by molar-refractivity contribution is -0.117. The number of thioether (sulfide) groups is 1. The summed E-state index contributed by atoms with van der Waals surface area (Å²) >= 11 is 2.66. The predicted molar refractivity (Wildman–Crippen MR) is 124 cm³/mol. The zero-order valence-electron chi connectivity index (χ0n) is 17.8. The molecule has 1 aliphatic rings. The third-order valence-corrected chi connectivity index (χ3v) is 7.26. The van der Waals surface area contributed by atoms with Gasteiger partial charge in [-0.25, -0.2) is 9.78 Å². The van der Waals surface area contributed by atoms with Crippen LogP contribution in [0.15, 0.2) is 34.2 Å². The smallest absolute Gasteiger partial charge is 0.413 e. The summed E-state index contributed by atoms with van der Waals surface area (Å²) in [4.78, 5) is 44.0. The number of methoxy groups -OCH3 is 1. The van der Waals surface area contributed by atoms with Gasteiger partial charge in [-0.1, -0.05) is 11.8 Å². The van der Waals surface area contributed by atoms with Crippen molar-refractivity contribution >= 4 is 45.3 Å². The molecule has 0 spiro atoms. The number of hydrogen-bond acceptors (Lipinski definition) is 8. The molecule has 1 N–H and O–H groups in total. The number of rotatable bonds is 6. The summed E-state index contributed by atoms with van der Waals surface area (Å²) in [5.74, 6) is 0.0687. The Morgan fingerprint density at radius 2 is 1.97 bits per heavy atom.